The van der Waals surface area contributed by atoms with Crippen LogP contribution in [0.3, 0.4) is 0 Å². The first-order valence-corrected chi connectivity index (χ1v) is 11.8. The summed E-state index contributed by atoms with van der Waals surface area (Å²) in [7, 11) is -1.92. The Bertz CT molecular complexity index is 1450. The summed E-state index contributed by atoms with van der Waals surface area (Å²) in [6, 6.07) is 13.6. The van der Waals surface area contributed by atoms with Gasteiger partial charge in [-0.1, -0.05) is 24.3 Å². The fourth-order valence-corrected chi connectivity index (χ4v) is 5.74. The fraction of sp³-hybridized carbons (Fsp3) is 0.208. The Morgan fingerprint density at radius 3 is 2.59 bits per heavy atom. The van der Waals surface area contributed by atoms with Gasteiger partial charge in [-0.05, 0) is 56.3 Å². The summed E-state index contributed by atoms with van der Waals surface area (Å²) in [6.45, 7) is 3.37. The molecule has 0 N–H and O–H groups in total. The highest BCUT2D eigenvalue weighted by atomic mass is 32.2. The molecule has 0 spiro atoms. The van der Waals surface area contributed by atoms with E-state index in [-0.39, 0.29) is 4.90 Å². The molecule has 32 heavy (non-hydrogen) atoms. The van der Waals surface area contributed by atoms with E-state index in [1.165, 1.54) is 28.4 Å². The maximum Gasteiger partial charge on any atom is 0.271 e. The largest absolute Gasteiger partial charge is 0.302 e. The highest BCUT2D eigenvalue weighted by molar-refractivity contribution is 7.90. The van der Waals surface area contributed by atoms with Crippen LogP contribution in [0.1, 0.15) is 17.7 Å². The summed E-state index contributed by atoms with van der Waals surface area (Å²) in [5.41, 5.74) is 3.53. The van der Waals surface area contributed by atoms with E-state index in [0.29, 0.717) is 16.6 Å². The molecule has 2 aromatic heterocycles. The summed E-state index contributed by atoms with van der Waals surface area (Å²) in [6.07, 6.45) is 5.85. The molecule has 0 saturated carbocycles. The van der Waals surface area contributed by atoms with Crippen molar-refractivity contribution in [2.75, 3.05) is 20.1 Å². The van der Waals surface area contributed by atoms with Gasteiger partial charge in [0.1, 0.15) is 10.7 Å². The van der Waals surface area contributed by atoms with Crippen molar-refractivity contribution in [3.8, 4) is 5.69 Å². The molecule has 4 aromatic rings. The highest BCUT2D eigenvalue weighted by Gasteiger charge is 2.27. The topological polar surface area (TPSA) is 60.1 Å². The van der Waals surface area contributed by atoms with Gasteiger partial charge in [0.25, 0.3) is 10.0 Å². The molecular weight excluding hydrogens is 427 g/mol. The molecule has 0 unspecified atom stereocenters. The smallest absolute Gasteiger partial charge is 0.271 e. The molecule has 0 radical (unpaired) electrons. The van der Waals surface area contributed by atoms with Crippen LogP contribution in [0.15, 0.2) is 71.9 Å². The van der Waals surface area contributed by atoms with E-state index in [0.717, 1.165) is 36.3 Å². The molecule has 0 aliphatic carbocycles. The lowest BCUT2D eigenvalue weighted by molar-refractivity contribution is 0.370. The summed E-state index contributed by atoms with van der Waals surface area (Å²) >= 11 is 0. The van der Waals surface area contributed by atoms with Crippen LogP contribution in [0.25, 0.3) is 22.2 Å². The molecule has 1 aliphatic heterocycles. The van der Waals surface area contributed by atoms with Crippen molar-refractivity contribution < 1.29 is 12.8 Å². The summed E-state index contributed by atoms with van der Waals surface area (Å²) in [4.78, 5) is 2.30. The molecule has 5 rings (SSSR count). The van der Waals surface area contributed by atoms with Crippen molar-refractivity contribution in [1.29, 1.82) is 0 Å². The fourth-order valence-electron chi connectivity index (χ4n) is 4.23. The van der Waals surface area contributed by atoms with Gasteiger partial charge in [0.2, 0.25) is 0 Å². The molecule has 0 bridgehead atoms. The van der Waals surface area contributed by atoms with Crippen LogP contribution in [0.5, 0.6) is 0 Å². The zero-order valence-electron chi connectivity index (χ0n) is 17.9. The lowest BCUT2D eigenvalue weighted by Gasteiger charge is -2.21. The minimum atomic E-state index is -3.95. The van der Waals surface area contributed by atoms with Gasteiger partial charge in [-0.2, -0.15) is 5.10 Å². The summed E-state index contributed by atoms with van der Waals surface area (Å²) in [5, 5.41) is 4.92. The predicted molar refractivity (Wildman–Crippen MR) is 123 cm³/mol. The van der Waals surface area contributed by atoms with Crippen LogP contribution in [0.4, 0.5) is 4.39 Å². The normalized spacial score (nSPS) is 15.3. The maximum absolute atomic E-state index is 14.1. The first-order valence-electron chi connectivity index (χ1n) is 10.4. The Hall–Kier alpha value is -3.23. The van der Waals surface area contributed by atoms with Gasteiger partial charge in [-0.3, -0.25) is 0 Å². The number of halogens is 1. The zero-order chi connectivity index (χ0) is 22.5. The first kappa shape index (κ1) is 20.7. The van der Waals surface area contributed by atoms with Crippen molar-refractivity contribution in [2.45, 2.75) is 18.2 Å². The molecule has 0 fully saturated rings. The zero-order valence-corrected chi connectivity index (χ0v) is 18.7. The number of fused-ring (bicyclic) bond motifs is 1. The number of likely N-dealkylation sites (N-methyl/N-ethyl adjacent to an activating group) is 1. The van der Waals surface area contributed by atoms with Gasteiger partial charge in [0.15, 0.2) is 0 Å². The Morgan fingerprint density at radius 1 is 1.09 bits per heavy atom. The third-order valence-electron chi connectivity index (χ3n) is 5.99. The number of rotatable bonds is 4. The van der Waals surface area contributed by atoms with Gasteiger partial charge >= 0.3 is 0 Å². The monoisotopic (exact) mass is 450 g/mol. The predicted octanol–water partition coefficient (Wildman–Crippen LogP) is 4.23. The van der Waals surface area contributed by atoms with E-state index >= 15 is 0 Å². The molecule has 8 heteroatoms. The number of hydrogen-bond acceptors (Lipinski definition) is 4. The van der Waals surface area contributed by atoms with E-state index < -0.39 is 15.8 Å². The Labute approximate surface area is 186 Å². The molecule has 164 valence electrons. The van der Waals surface area contributed by atoms with E-state index in [9.17, 15) is 12.8 Å². The highest BCUT2D eigenvalue weighted by Crippen LogP contribution is 2.34. The molecular formula is C24H23FN4O2S. The molecule has 2 aromatic carbocycles. The second kappa shape index (κ2) is 7.72. The Kier molecular flexibility index (Phi) is 4.98. The van der Waals surface area contributed by atoms with Gasteiger partial charge < -0.3 is 4.90 Å². The first-order chi connectivity index (χ1) is 15.4. The van der Waals surface area contributed by atoms with Crippen molar-refractivity contribution in [2.24, 2.45) is 0 Å². The number of nitrogens with zero attached hydrogens (tertiary/aromatic N) is 4. The number of para-hydroxylation sites is 1. The van der Waals surface area contributed by atoms with Crippen molar-refractivity contribution in [3.63, 3.8) is 0 Å². The molecule has 0 amide bonds. The van der Waals surface area contributed by atoms with Crippen LogP contribution >= 0.6 is 0 Å². The van der Waals surface area contributed by atoms with Crippen molar-refractivity contribution >= 4 is 26.5 Å². The van der Waals surface area contributed by atoms with Gasteiger partial charge in [-0.25, -0.2) is 21.5 Å². The van der Waals surface area contributed by atoms with Crippen LogP contribution in [-0.2, 0) is 10.0 Å². The Balaban J connectivity index is 1.68. The standard InChI is InChI=1S/C24H23FN4O2S/c1-17-24(15-26-29(17)20-6-4-3-5-7-20)32(30,31)28-16-22(18-10-12-27(2)13-11-18)21-14-19(25)8-9-23(21)28/h3-10,14-16H,11-13H2,1-2H3. The van der Waals surface area contributed by atoms with E-state index in [1.807, 2.05) is 37.4 Å². The number of hydrogen-bond donors (Lipinski definition) is 0. The molecule has 0 saturated heterocycles. The second-order valence-electron chi connectivity index (χ2n) is 8.09. The number of aromatic nitrogens is 3. The molecule has 3 heterocycles. The SMILES string of the molecule is Cc1c(S(=O)(=O)n2cc(C3=CCN(C)CC3)c3cc(F)ccc32)cnn1-c1ccccc1. The summed E-state index contributed by atoms with van der Waals surface area (Å²) in [5.74, 6) is -0.393. The minimum Gasteiger partial charge on any atom is -0.302 e. The average molecular weight is 451 g/mol. The van der Waals surface area contributed by atoms with E-state index in [2.05, 4.69) is 16.1 Å². The maximum atomic E-state index is 14.1. The number of benzene rings is 2. The lowest BCUT2D eigenvalue weighted by Crippen LogP contribution is -2.23. The minimum absolute atomic E-state index is 0.117. The van der Waals surface area contributed by atoms with Crippen LogP contribution in [0.2, 0.25) is 0 Å². The van der Waals surface area contributed by atoms with Crippen LogP contribution in [0, 0.1) is 12.7 Å². The molecule has 0 atom stereocenters. The quantitative estimate of drug-likeness (QED) is 0.467. The summed E-state index contributed by atoms with van der Waals surface area (Å²) < 4.78 is 44.5. The van der Waals surface area contributed by atoms with E-state index in [4.69, 9.17) is 0 Å². The van der Waals surface area contributed by atoms with Crippen LogP contribution < -0.4 is 0 Å². The third-order valence-corrected chi connectivity index (χ3v) is 7.77. The van der Waals surface area contributed by atoms with Crippen molar-refractivity contribution in [1.82, 2.24) is 18.7 Å². The van der Waals surface area contributed by atoms with E-state index in [1.54, 1.807) is 17.8 Å². The molecule has 1 aliphatic rings. The van der Waals surface area contributed by atoms with Gasteiger partial charge in [0, 0.05) is 30.2 Å². The van der Waals surface area contributed by atoms with Crippen LogP contribution in [-0.4, -0.2) is 47.2 Å². The third kappa shape index (κ3) is 3.36. The van der Waals surface area contributed by atoms with Gasteiger partial charge in [0.05, 0.1) is 23.1 Å². The second-order valence-corrected chi connectivity index (χ2v) is 9.87. The lowest BCUT2D eigenvalue weighted by atomic mass is 9.99. The molecule has 6 nitrogen and oxygen atoms in total. The van der Waals surface area contributed by atoms with Gasteiger partial charge in [-0.15, -0.1) is 0 Å². The Morgan fingerprint density at radius 2 is 1.88 bits per heavy atom. The van der Waals surface area contributed by atoms with Crippen molar-refractivity contribution in [3.05, 3.63) is 84.1 Å². The average Bonchev–Trinajstić information content (AvgIpc) is 3.36.